The van der Waals surface area contributed by atoms with Gasteiger partial charge in [0.2, 0.25) is 0 Å². The lowest BCUT2D eigenvalue weighted by molar-refractivity contribution is 0.542. The summed E-state index contributed by atoms with van der Waals surface area (Å²) < 4.78 is 32.8. The molecular formula is C5H6FN3O2S. The van der Waals surface area contributed by atoms with Crippen molar-refractivity contribution in [1.29, 1.82) is 0 Å². The first-order valence-corrected chi connectivity index (χ1v) is 4.83. The summed E-state index contributed by atoms with van der Waals surface area (Å²) in [6.07, 6.45) is 1.92. The molecule has 1 saturated carbocycles. The minimum atomic E-state index is -4.72. The minimum Gasteiger partial charge on any atom is -0.313 e. The molecule has 12 heavy (non-hydrogen) atoms. The Morgan fingerprint density at radius 1 is 1.42 bits per heavy atom. The molecule has 0 unspecified atom stereocenters. The van der Waals surface area contributed by atoms with Crippen LogP contribution in [-0.2, 0) is 10.2 Å². The molecule has 7 heteroatoms. The number of halogens is 1. The second-order valence-electron chi connectivity index (χ2n) is 2.73. The number of aromatic amines is 1. The van der Waals surface area contributed by atoms with E-state index in [-0.39, 0.29) is 5.92 Å². The Bertz CT molecular complexity index is 395. The molecule has 0 saturated heterocycles. The van der Waals surface area contributed by atoms with E-state index in [1.807, 2.05) is 0 Å². The van der Waals surface area contributed by atoms with E-state index in [0.717, 1.165) is 12.8 Å². The van der Waals surface area contributed by atoms with Gasteiger partial charge in [-0.1, -0.05) is 3.89 Å². The summed E-state index contributed by atoms with van der Waals surface area (Å²) in [4.78, 5) is 2.33. The smallest absolute Gasteiger partial charge is 0.313 e. The second-order valence-corrected chi connectivity index (χ2v) is 3.99. The summed E-state index contributed by atoms with van der Waals surface area (Å²) in [6.45, 7) is 0. The third-order valence-corrected chi connectivity index (χ3v) is 2.32. The third kappa shape index (κ3) is 1.31. The SMILES string of the molecule is O=S(=O)(F)c1nnc(C2CC2)[nH]1. The predicted octanol–water partition coefficient (Wildman–Crippen LogP) is 0.340. The Morgan fingerprint density at radius 2 is 2.08 bits per heavy atom. The fourth-order valence-electron chi connectivity index (χ4n) is 0.909. The van der Waals surface area contributed by atoms with Gasteiger partial charge in [-0.2, -0.15) is 8.42 Å². The molecule has 1 aliphatic carbocycles. The molecule has 0 bridgehead atoms. The van der Waals surface area contributed by atoms with Crippen LogP contribution in [0.5, 0.6) is 0 Å². The molecule has 66 valence electrons. The van der Waals surface area contributed by atoms with E-state index in [1.54, 1.807) is 0 Å². The average molecular weight is 191 g/mol. The van der Waals surface area contributed by atoms with Crippen LogP contribution in [0.25, 0.3) is 0 Å². The number of rotatable bonds is 2. The molecule has 0 atom stereocenters. The Balaban J connectivity index is 2.35. The fraction of sp³-hybridized carbons (Fsp3) is 0.600. The van der Waals surface area contributed by atoms with E-state index >= 15 is 0 Å². The molecule has 5 nitrogen and oxygen atoms in total. The van der Waals surface area contributed by atoms with Crippen molar-refractivity contribution in [2.45, 2.75) is 23.9 Å². The zero-order valence-corrected chi connectivity index (χ0v) is 6.81. The molecule has 1 heterocycles. The van der Waals surface area contributed by atoms with Crippen LogP contribution in [0.4, 0.5) is 3.89 Å². The van der Waals surface area contributed by atoms with Crippen LogP contribution >= 0.6 is 0 Å². The van der Waals surface area contributed by atoms with Crippen molar-refractivity contribution in [2.24, 2.45) is 0 Å². The van der Waals surface area contributed by atoms with Gasteiger partial charge in [-0.3, -0.25) is 0 Å². The molecular weight excluding hydrogens is 185 g/mol. The largest absolute Gasteiger partial charge is 0.368 e. The minimum absolute atomic E-state index is 0.244. The molecule has 1 fully saturated rings. The Labute approximate surface area is 68.2 Å². The first-order valence-electron chi connectivity index (χ1n) is 3.44. The molecule has 1 aliphatic rings. The number of nitrogens with zero attached hydrogens (tertiary/aromatic N) is 2. The van der Waals surface area contributed by atoms with Crippen LogP contribution in [0, 0.1) is 0 Å². The highest BCUT2D eigenvalue weighted by atomic mass is 32.3. The Morgan fingerprint density at radius 3 is 2.50 bits per heavy atom. The van der Waals surface area contributed by atoms with E-state index in [4.69, 9.17) is 0 Å². The normalized spacial score (nSPS) is 18.1. The van der Waals surface area contributed by atoms with Gasteiger partial charge in [0.15, 0.2) is 0 Å². The van der Waals surface area contributed by atoms with Crippen molar-refractivity contribution in [3.05, 3.63) is 5.82 Å². The van der Waals surface area contributed by atoms with Gasteiger partial charge in [0.05, 0.1) is 0 Å². The van der Waals surface area contributed by atoms with Crippen LogP contribution in [0.2, 0.25) is 0 Å². The highest BCUT2D eigenvalue weighted by Crippen LogP contribution is 2.37. The monoisotopic (exact) mass is 191 g/mol. The van der Waals surface area contributed by atoms with Crippen molar-refractivity contribution < 1.29 is 12.3 Å². The highest BCUT2D eigenvalue weighted by molar-refractivity contribution is 7.86. The molecule has 1 N–H and O–H groups in total. The van der Waals surface area contributed by atoms with Gasteiger partial charge in [0.25, 0.3) is 5.16 Å². The molecule has 0 aromatic carbocycles. The van der Waals surface area contributed by atoms with Crippen molar-refractivity contribution >= 4 is 10.2 Å². The lowest BCUT2D eigenvalue weighted by atomic mass is 10.4. The second kappa shape index (κ2) is 2.25. The fourth-order valence-corrected chi connectivity index (χ4v) is 1.27. The van der Waals surface area contributed by atoms with E-state index in [0.29, 0.717) is 5.82 Å². The summed E-state index contributed by atoms with van der Waals surface area (Å²) in [5, 5.41) is 6.01. The number of nitrogens with one attached hydrogen (secondary N) is 1. The van der Waals surface area contributed by atoms with E-state index in [9.17, 15) is 12.3 Å². The summed E-state index contributed by atoms with van der Waals surface area (Å²) in [6, 6.07) is 0. The van der Waals surface area contributed by atoms with Gasteiger partial charge in [0, 0.05) is 5.92 Å². The van der Waals surface area contributed by atoms with Crippen LogP contribution in [0.15, 0.2) is 5.16 Å². The zero-order valence-electron chi connectivity index (χ0n) is 5.99. The number of aromatic nitrogens is 3. The summed E-state index contributed by atoms with van der Waals surface area (Å²) in [7, 11) is -4.72. The molecule has 1 aromatic rings. The lowest BCUT2D eigenvalue weighted by Crippen LogP contribution is -1.94. The summed E-state index contributed by atoms with van der Waals surface area (Å²) in [5.74, 6) is 0.708. The number of H-pyrrole nitrogens is 1. The predicted molar refractivity (Wildman–Crippen MR) is 36.7 cm³/mol. The maximum atomic E-state index is 12.3. The summed E-state index contributed by atoms with van der Waals surface area (Å²) >= 11 is 0. The van der Waals surface area contributed by atoms with Crippen LogP contribution in [-0.4, -0.2) is 23.6 Å². The molecule has 0 aliphatic heterocycles. The van der Waals surface area contributed by atoms with Gasteiger partial charge in [-0.15, -0.1) is 10.2 Å². The van der Waals surface area contributed by atoms with Gasteiger partial charge in [0.1, 0.15) is 5.82 Å². The van der Waals surface area contributed by atoms with Crippen LogP contribution in [0.1, 0.15) is 24.6 Å². The Kier molecular flexibility index (Phi) is 1.44. The van der Waals surface area contributed by atoms with E-state index < -0.39 is 15.4 Å². The molecule has 0 amide bonds. The van der Waals surface area contributed by atoms with Gasteiger partial charge in [-0.05, 0) is 12.8 Å². The average Bonchev–Trinajstić information content (AvgIpc) is 2.66. The standard InChI is InChI=1S/C5H6FN3O2S/c6-12(10,11)5-7-4(8-9-5)3-1-2-3/h3H,1-2H2,(H,7,8,9). The van der Waals surface area contributed by atoms with Crippen molar-refractivity contribution in [3.63, 3.8) is 0 Å². The maximum absolute atomic E-state index is 12.3. The maximum Gasteiger partial charge on any atom is 0.368 e. The van der Waals surface area contributed by atoms with Gasteiger partial charge in [-0.25, -0.2) is 0 Å². The van der Waals surface area contributed by atoms with E-state index in [1.165, 1.54) is 0 Å². The summed E-state index contributed by atoms with van der Waals surface area (Å²) in [5.41, 5.74) is 0. The third-order valence-electron chi connectivity index (χ3n) is 1.68. The number of hydrogen-bond donors (Lipinski definition) is 1. The molecule has 2 rings (SSSR count). The first-order chi connectivity index (χ1) is 5.57. The topological polar surface area (TPSA) is 75.7 Å². The molecule has 1 aromatic heterocycles. The molecule has 0 radical (unpaired) electrons. The van der Waals surface area contributed by atoms with Gasteiger partial charge < -0.3 is 4.98 Å². The van der Waals surface area contributed by atoms with Crippen molar-refractivity contribution in [1.82, 2.24) is 15.2 Å². The Hall–Kier alpha value is -0.980. The molecule has 0 spiro atoms. The van der Waals surface area contributed by atoms with Crippen molar-refractivity contribution in [2.75, 3.05) is 0 Å². The highest BCUT2D eigenvalue weighted by Gasteiger charge is 2.29. The van der Waals surface area contributed by atoms with Crippen LogP contribution in [0.3, 0.4) is 0 Å². The van der Waals surface area contributed by atoms with Crippen LogP contribution < -0.4 is 0 Å². The number of hydrogen-bond acceptors (Lipinski definition) is 4. The van der Waals surface area contributed by atoms with Crippen molar-refractivity contribution in [3.8, 4) is 0 Å². The van der Waals surface area contributed by atoms with E-state index in [2.05, 4.69) is 15.2 Å². The van der Waals surface area contributed by atoms with Gasteiger partial charge >= 0.3 is 10.2 Å². The lowest BCUT2D eigenvalue weighted by Gasteiger charge is -1.84. The quantitative estimate of drug-likeness (QED) is 0.684. The first kappa shape index (κ1) is 7.66. The zero-order chi connectivity index (χ0) is 8.77.